The van der Waals surface area contributed by atoms with Crippen LogP contribution < -0.4 is 5.73 Å². The molecule has 5 rings (SSSR count). The molecule has 7 nitrogen and oxygen atoms in total. The lowest BCUT2D eigenvalue weighted by Gasteiger charge is -2.37. The maximum atomic E-state index is 10.9. The summed E-state index contributed by atoms with van der Waals surface area (Å²) in [5.41, 5.74) is 9.49. The van der Waals surface area contributed by atoms with Crippen LogP contribution in [-0.2, 0) is 6.54 Å². The number of hydrogen-bond acceptors (Lipinski definition) is 6. The van der Waals surface area contributed by atoms with Gasteiger partial charge in [-0.05, 0) is 64.8 Å². The van der Waals surface area contributed by atoms with E-state index in [4.69, 9.17) is 5.73 Å². The summed E-state index contributed by atoms with van der Waals surface area (Å²) >= 11 is 3.54. The monoisotopic (exact) mass is 513 g/mol. The van der Waals surface area contributed by atoms with Gasteiger partial charge < -0.3 is 20.5 Å². The second-order valence-corrected chi connectivity index (χ2v) is 11.3. The number of nitrogen functional groups attached to an aromatic ring is 1. The van der Waals surface area contributed by atoms with Gasteiger partial charge in [-0.1, -0.05) is 38.1 Å². The van der Waals surface area contributed by atoms with Gasteiger partial charge >= 0.3 is 0 Å². The van der Waals surface area contributed by atoms with E-state index < -0.39 is 12.2 Å². The molecule has 4 atom stereocenters. The zero-order valence-electron chi connectivity index (χ0n) is 19.2. The van der Waals surface area contributed by atoms with E-state index in [-0.39, 0.29) is 12.0 Å². The highest BCUT2D eigenvalue weighted by Crippen LogP contribution is 2.44. The van der Waals surface area contributed by atoms with Crippen LogP contribution in [0, 0.1) is 5.41 Å². The third-order valence-electron chi connectivity index (χ3n) is 7.63. The molecule has 0 amide bonds. The minimum Gasteiger partial charge on any atom is -0.390 e. The first-order chi connectivity index (χ1) is 15.7. The largest absolute Gasteiger partial charge is 0.390 e. The molecule has 0 spiro atoms. The smallest absolute Gasteiger partial charge is 0.146 e. The van der Waals surface area contributed by atoms with Gasteiger partial charge in [0.15, 0.2) is 0 Å². The molecule has 0 unspecified atom stereocenters. The number of likely N-dealkylation sites (tertiary alicyclic amines) is 1. The molecule has 1 aromatic carbocycles. The van der Waals surface area contributed by atoms with Crippen molar-refractivity contribution >= 4 is 32.8 Å². The van der Waals surface area contributed by atoms with Gasteiger partial charge in [0.05, 0.1) is 17.5 Å². The molecule has 1 saturated heterocycles. The third kappa shape index (κ3) is 4.30. The Morgan fingerprint density at radius 2 is 1.79 bits per heavy atom. The van der Waals surface area contributed by atoms with Crippen LogP contribution in [0.5, 0.6) is 0 Å². The Hall–Kier alpha value is -2.00. The minimum atomic E-state index is -0.898. The molecule has 2 fully saturated rings. The van der Waals surface area contributed by atoms with E-state index in [0.717, 1.165) is 35.1 Å². The van der Waals surface area contributed by atoms with Crippen LogP contribution in [0.1, 0.15) is 56.2 Å². The van der Waals surface area contributed by atoms with Crippen molar-refractivity contribution in [2.75, 3.05) is 18.8 Å². The Labute approximate surface area is 202 Å². The summed E-state index contributed by atoms with van der Waals surface area (Å²) in [6.07, 6.45) is 4.65. The molecule has 2 aliphatic rings. The molecular weight excluding hydrogens is 482 g/mol. The molecule has 0 radical (unpaired) electrons. The lowest BCUT2D eigenvalue weighted by atomic mass is 9.82. The fraction of sp³-hybridized carbons (Fsp3) is 0.520. The number of aliphatic hydroxyl groups is 2. The molecule has 3 heterocycles. The number of anilines is 1. The first-order valence-corrected chi connectivity index (χ1v) is 12.5. The number of halogens is 1. The summed E-state index contributed by atoms with van der Waals surface area (Å²) < 4.78 is 2.70. The number of nitrogens with zero attached hydrogens (tertiary/aromatic N) is 4. The van der Waals surface area contributed by atoms with Crippen LogP contribution in [0.4, 0.5) is 5.82 Å². The average Bonchev–Trinajstić information content (AvgIpc) is 3.28. The zero-order chi connectivity index (χ0) is 23.3. The van der Waals surface area contributed by atoms with E-state index >= 15 is 0 Å². The van der Waals surface area contributed by atoms with Gasteiger partial charge in [0.1, 0.15) is 23.9 Å². The summed E-state index contributed by atoms with van der Waals surface area (Å²) in [6, 6.07) is 8.24. The predicted molar refractivity (Wildman–Crippen MR) is 133 cm³/mol. The number of benzene rings is 1. The number of fused-ring (bicyclic) bond motifs is 1. The fourth-order valence-electron chi connectivity index (χ4n) is 5.38. The van der Waals surface area contributed by atoms with Crippen LogP contribution in [0.3, 0.4) is 0 Å². The zero-order valence-corrected chi connectivity index (χ0v) is 20.7. The Morgan fingerprint density at radius 1 is 1.09 bits per heavy atom. The van der Waals surface area contributed by atoms with Gasteiger partial charge in [0.25, 0.3) is 0 Å². The quantitative estimate of drug-likeness (QED) is 0.489. The van der Waals surface area contributed by atoms with Gasteiger partial charge in [-0.25, -0.2) is 9.97 Å². The molecule has 2 aromatic heterocycles. The van der Waals surface area contributed by atoms with Gasteiger partial charge in [0, 0.05) is 23.1 Å². The van der Waals surface area contributed by atoms with Crippen molar-refractivity contribution in [3.8, 4) is 0 Å². The van der Waals surface area contributed by atoms with Gasteiger partial charge in [-0.2, -0.15) is 0 Å². The first kappa shape index (κ1) is 22.8. The van der Waals surface area contributed by atoms with Crippen molar-refractivity contribution in [1.29, 1.82) is 0 Å². The molecule has 1 aliphatic heterocycles. The van der Waals surface area contributed by atoms with Crippen molar-refractivity contribution in [1.82, 2.24) is 19.4 Å². The molecule has 176 valence electrons. The van der Waals surface area contributed by atoms with E-state index in [0.29, 0.717) is 23.3 Å². The van der Waals surface area contributed by atoms with Crippen molar-refractivity contribution in [3.63, 3.8) is 0 Å². The number of aromatic nitrogens is 3. The summed E-state index contributed by atoms with van der Waals surface area (Å²) in [6.45, 7) is 7.94. The highest BCUT2D eigenvalue weighted by molar-refractivity contribution is 9.10. The van der Waals surface area contributed by atoms with Gasteiger partial charge in [-0.3, -0.25) is 4.90 Å². The number of piperidine rings is 1. The van der Waals surface area contributed by atoms with Crippen molar-refractivity contribution in [2.24, 2.45) is 5.41 Å². The van der Waals surface area contributed by atoms with E-state index in [9.17, 15) is 10.2 Å². The summed E-state index contributed by atoms with van der Waals surface area (Å²) in [5.74, 6) is 0.244. The van der Waals surface area contributed by atoms with Gasteiger partial charge in [0.2, 0.25) is 0 Å². The Balaban J connectivity index is 1.32. The normalized spacial score (nSPS) is 27.9. The second-order valence-electron chi connectivity index (χ2n) is 10.4. The molecule has 8 heteroatoms. The molecular formula is C25H32BrN5O2. The number of hydrogen-bond donors (Lipinski definition) is 3. The highest BCUT2D eigenvalue weighted by Gasteiger charge is 2.43. The number of nitrogens with two attached hydrogens (primary N) is 1. The fourth-order valence-corrected chi connectivity index (χ4v) is 5.98. The number of aliphatic hydroxyl groups excluding tert-OH is 2. The second kappa shape index (κ2) is 8.65. The molecule has 1 aliphatic carbocycles. The van der Waals surface area contributed by atoms with E-state index in [1.54, 1.807) is 0 Å². The van der Waals surface area contributed by atoms with Crippen LogP contribution in [0.2, 0.25) is 0 Å². The SMILES string of the molecule is CC1(C)CCN(Cc2ccc([C@H]3C[C@@H](n4cc(Br)c5c(N)ncnc54)[C@H](O)[C@@H]3O)cc2)CC1. The molecule has 4 N–H and O–H groups in total. The lowest BCUT2D eigenvalue weighted by molar-refractivity contribution is 0.0179. The van der Waals surface area contributed by atoms with Crippen molar-refractivity contribution in [3.05, 3.63) is 52.4 Å². The third-order valence-corrected chi connectivity index (χ3v) is 8.23. The Kier molecular flexibility index (Phi) is 5.97. The first-order valence-electron chi connectivity index (χ1n) is 11.7. The Morgan fingerprint density at radius 3 is 2.48 bits per heavy atom. The maximum Gasteiger partial charge on any atom is 0.146 e. The van der Waals surface area contributed by atoms with E-state index in [1.165, 1.54) is 24.7 Å². The molecule has 33 heavy (non-hydrogen) atoms. The maximum absolute atomic E-state index is 10.9. The summed E-state index contributed by atoms with van der Waals surface area (Å²) in [5, 5.41) is 22.6. The molecule has 0 bridgehead atoms. The Bertz CT molecular complexity index is 1140. The number of rotatable bonds is 4. The van der Waals surface area contributed by atoms with E-state index in [1.807, 2.05) is 10.8 Å². The highest BCUT2D eigenvalue weighted by atomic mass is 79.9. The topological polar surface area (TPSA) is 100 Å². The van der Waals surface area contributed by atoms with Crippen LogP contribution >= 0.6 is 15.9 Å². The van der Waals surface area contributed by atoms with Crippen LogP contribution in [0.15, 0.2) is 41.3 Å². The average molecular weight is 514 g/mol. The summed E-state index contributed by atoms with van der Waals surface area (Å²) in [4.78, 5) is 11.0. The lowest BCUT2D eigenvalue weighted by Crippen LogP contribution is -2.36. The predicted octanol–water partition coefficient (Wildman–Crippen LogP) is 3.85. The molecule has 3 aromatic rings. The van der Waals surface area contributed by atoms with Crippen LogP contribution in [-0.4, -0.2) is 54.9 Å². The standard InChI is InChI=1S/C25H32BrN5O2/c1-25(2)7-9-30(10-8-25)12-15-3-5-16(6-4-15)17-11-19(22(33)21(17)32)31-13-18(26)20-23(27)28-14-29-24(20)31/h3-6,13-14,17,19,21-22,32-33H,7-12H2,1-2H3,(H2,27,28,29)/t17-,19-,21-,22+/m1/s1. The van der Waals surface area contributed by atoms with Crippen molar-refractivity contribution < 1.29 is 10.2 Å². The minimum absolute atomic E-state index is 0.148. The van der Waals surface area contributed by atoms with Gasteiger partial charge in [-0.15, -0.1) is 0 Å². The molecule has 1 saturated carbocycles. The van der Waals surface area contributed by atoms with Crippen LogP contribution in [0.25, 0.3) is 11.0 Å². The van der Waals surface area contributed by atoms with E-state index in [2.05, 4.69) is 68.9 Å². The summed E-state index contributed by atoms with van der Waals surface area (Å²) in [7, 11) is 0. The van der Waals surface area contributed by atoms with Crippen molar-refractivity contribution in [2.45, 2.75) is 63.8 Å².